The van der Waals surface area contributed by atoms with Crippen molar-refractivity contribution in [2.75, 3.05) is 12.9 Å². The number of carbonyl (C=O) groups is 1. The predicted molar refractivity (Wildman–Crippen MR) is 113 cm³/mol. The van der Waals surface area contributed by atoms with E-state index in [1.807, 2.05) is 26.0 Å². The maximum Gasteiger partial charge on any atom is 0.173 e. The van der Waals surface area contributed by atoms with E-state index < -0.39 is 0 Å². The lowest BCUT2D eigenvalue weighted by Crippen LogP contribution is -2.02. The number of benzene rings is 3. The number of ether oxygens (including phenoxy) is 1. The second-order valence-corrected chi connectivity index (χ2v) is 6.66. The van der Waals surface area contributed by atoms with Crippen molar-refractivity contribution in [2.24, 2.45) is 0 Å². The van der Waals surface area contributed by atoms with Crippen LogP contribution in [0.2, 0.25) is 0 Å². The molecule has 0 atom stereocenters. The molecule has 0 aliphatic carbocycles. The number of nitrogens with zero attached hydrogens (tertiary/aromatic N) is 1. The number of rotatable bonds is 5. The Morgan fingerprint density at radius 1 is 1.04 bits per heavy atom. The Balaban J connectivity index is 0.00000102. The highest BCUT2D eigenvalue weighted by Gasteiger charge is 2.10. The summed E-state index contributed by atoms with van der Waals surface area (Å²) < 4.78 is 5.11. The Hall–Kier alpha value is -2.79. The van der Waals surface area contributed by atoms with Crippen molar-refractivity contribution in [1.82, 2.24) is 9.97 Å². The second kappa shape index (κ2) is 8.73. The fourth-order valence-electron chi connectivity index (χ4n) is 2.74. The van der Waals surface area contributed by atoms with Crippen LogP contribution in [0.3, 0.4) is 0 Å². The standard InChI is InChI=1S/C20H16N2O2S.C2H6/c1-24-16-8-6-13(7-9-16)19(23)12-25-20-21-17-10-14-4-2-3-5-15(14)11-18(17)22-20;1-2/h2-11H,12H2,1H3,(H,21,22);1-2H3. The van der Waals surface area contributed by atoms with Gasteiger partial charge in [0.2, 0.25) is 0 Å². The summed E-state index contributed by atoms with van der Waals surface area (Å²) in [5.41, 5.74) is 2.58. The number of imidazole rings is 1. The molecule has 0 aliphatic heterocycles. The molecule has 0 spiro atoms. The highest BCUT2D eigenvalue weighted by molar-refractivity contribution is 7.99. The minimum atomic E-state index is 0.0678. The maximum atomic E-state index is 12.3. The van der Waals surface area contributed by atoms with E-state index in [1.165, 1.54) is 17.1 Å². The van der Waals surface area contributed by atoms with Gasteiger partial charge in [-0.15, -0.1) is 0 Å². The van der Waals surface area contributed by atoms with Crippen LogP contribution in [0.5, 0.6) is 5.75 Å². The number of thioether (sulfide) groups is 1. The molecule has 4 nitrogen and oxygen atoms in total. The Bertz CT molecular complexity index is 1000. The van der Waals surface area contributed by atoms with E-state index in [0.29, 0.717) is 11.3 Å². The van der Waals surface area contributed by atoms with Crippen molar-refractivity contribution >= 4 is 39.4 Å². The zero-order chi connectivity index (χ0) is 19.2. The molecule has 0 saturated carbocycles. The quantitative estimate of drug-likeness (QED) is 0.356. The maximum absolute atomic E-state index is 12.3. The van der Waals surface area contributed by atoms with Crippen LogP contribution in [0.4, 0.5) is 0 Å². The van der Waals surface area contributed by atoms with E-state index in [9.17, 15) is 4.79 Å². The van der Waals surface area contributed by atoms with Gasteiger partial charge in [-0.05, 0) is 47.2 Å². The molecule has 0 saturated heterocycles. The highest BCUT2D eigenvalue weighted by Crippen LogP contribution is 2.25. The van der Waals surface area contributed by atoms with Crippen molar-refractivity contribution < 1.29 is 9.53 Å². The van der Waals surface area contributed by atoms with E-state index in [2.05, 4.69) is 34.2 Å². The first-order chi connectivity index (χ1) is 13.2. The van der Waals surface area contributed by atoms with Gasteiger partial charge in [-0.1, -0.05) is 49.9 Å². The van der Waals surface area contributed by atoms with Crippen molar-refractivity contribution in [3.8, 4) is 5.75 Å². The second-order valence-electron chi connectivity index (χ2n) is 5.70. The number of hydrogen-bond donors (Lipinski definition) is 1. The Morgan fingerprint density at radius 3 is 2.37 bits per heavy atom. The van der Waals surface area contributed by atoms with Crippen LogP contribution in [0.1, 0.15) is 24.2 Å². The summed E-state index contributed by atoms with van der Waals surface area (Å²) in [4.78, 5) is 20.2. The lowest BCUT2D eigenvalue weighted by Gasteiger charge is -2.02. The molecular formula is C22H22N2O2S. The SMILES string of the molecule is CC.COc1ccc(C(=O)CSc2nc3cc4ccccc4cc3[nH]2)cc1. The first-order valence-electron chi connectivity index (χ1n) is 8.91. The molecule has 27 heavy (non-hydrogen) atoms. The summed E-state index contributed by atoms with van der Waals surface area (Å²) >= 11 is 1.42. The Morgan fingerprint density at radius 2 is 1.70 bits per heavy atom. The van der Waals surface area contributed by atoms with Gasteiger partial charge < -0.3 is 9.72 Å². The van der Waals surface area contributed by atoms with E-state index in [0.717, 1.165) is 27.3 Å². The number of aromatic nitrogens is 2. The predicted octanol–water partition coefficient (Wildman–Crippen LogP) is 5.73. The highest BCUT2D eigenvalue weighted by atomic mass is 32.2. The molecule has 1 N–H and O–H groups in total. The fourth-order valence-corrected chi connectivity index (χ4v) is 3.52. The van der Waals surface area contributed by atoms with Gasteiger partial charge in [-0.25, -0.2) is 4.98 Å². The van der Waals surface area contributed by atoms with Gasteiger partial charge in [-0.3, -0.25) is 4.79 Å². The van der Waals surface area contributed by atoms with Crippen molar-refractivity contribution in [3.63, 3.8) is 0 Å². The summed E-state index contributed by atoms with van der Waals surface area (Å²) in [6.45, 7) is 4.00. The number of fused-ring (bicyclic) bond motifs is 2. The van der Waals surface area contributed by atoms with Crippen LogP contribution in [-0.2, 0) is 0 Å². The van der Waals surface area contributed by atoms with Crippen molar-refractivity contribution in [1.29, 1.82) is 0 Å². The van der Waals surface area contributed by atoms with Crippen LogP contribution in [-0.4, -0.2) is 28.6 Å². The number of hydrogen-bond acceptors (Lipinski definition) is 4. The van der Waals surface area contributed by atoms with Gasteiger partial charge in [0.25, 0.3) is 0 Å². The molecule has 0 amide bonds. The first-order valence-corrected chi connectivity index (χ1v) is 9.90. The molecule has 4 rings (SSSR count). The molecule has 1 aromatic heterocycles. The molecule has 0 unspecified atom stereocenters. The lowest BCUT2D eigenvalue weighted by atomic mass is 10.1. The number of aromatic amines is 1. The van der Waals surface area contributed by atoms with E-state index in [1.54, 1.807) is 31.4 Å². The van der Waals surface area contributed by atoms with Gasteiger partial charge in [0, 0.05) is 5.56 Å². The zero-order valence-corrected chi connectivity index (χ0v) is 16.5. The molecule has 5 heteroatoms. The third kappa shape index (κ3) is 4.31. The number of H-pyrrole nitrogens is 1. The molecule has 0 radical (unpaired) electrons. The average Bonchev–Trinajstić information content (AvgIpc) is 3.13. The number of nitrogens with one attached hydrogen (secondary N) is 1. The molecule has 0 aliphatic rings. The third-order valence-electron chi connectivity index (χ3n) is 4.08. The van der Waals surface area contributed by atoms with Crippen LogP contribution in [0.25, 0.3) is 21.8 Å². The minimum Gasteiger partial charge on any atom is -0.497 e. The van der Waals surface area contributed by atoms with Crippen LogP contribution < -0.4 is 4.74 Å². The number of carbonyl (C=O) groups excluding carboxylic acids is 1. The largest absolute Gasteiger partial charge is 0.497 e. The zero-order valence-electron chi connectivity index (χ0n) is 15.7. The summed E-state index contributed by atoms with van der Waals surface area (Å²) in [5.74, 6) is 1.15. The van der Waals surface area contributed by atoms with Gasteiger partial charge in [0.05, 0.1) is 23.9 Å². The van der Waals surface area contributed by atoms with E-state index in [4.69, 9.17) is 4.74 Å². The van der Waals surface area contributed by atoms with Gasteiger partial charge in [0.15, 0.2) is 10.9 Å². The number of ketones is 1. The van der Waals surface area contributed by atoms with Crippen LogP contribution in [0.15, 0.2) is 65.8 Å². The Labute approximate surface area is 163 Å². The average molecular weight is 378 g/mol. The summed E-state index contributed by atoms with van der Waals surface area (Å²) in [5, 5.41) is 3.09. The molecule has 1 heterocycles. The molecular weight excluding hydrogens is 356 g/mol. The van der Waals surface area contributed by atoms with Gasteiger partial charge in [0.1, 0.15) is 5.75 Å². The van der Waals surface area contributed by atoms with Crippen molar-refractivity contribution in [3.05, 3.63) is 66.2 Å². The number of Topliss-reactive ketones (excluding diaryl/α,β-unsaturated/α-hetero) is 1. The van der Waals surface area contributed by atoms with Gasteiger partial charge in [-0.2, -0.15) is 0 Å². The lowest BCUT2D eigenvalue weighted by molar-refractivity contribution is 0.102. The van der Waals surface area contributed by atoms with E-state index in [-0.39, 0.29) is 5.78 Å². The number of methoxy groups -OCH3 is 1. The summed E-state index contributed by atoms with van der Waals surface area (Å²) in [6.07, 6.45) is 0. The fraction of sp³-hybridized carbons (Fsp3) is 0.182. The first kappa shape index (κ1) is 19.0. The monoisotopic (exact) mass is 378 g/mol. The van der Waals surface area contributed by atoms with E-state index >= 15 is 0 Å². The summed E-state index contributed by atoms with van der Waals surface area (Å²) in [7, 11) is 1.61. The molecule has 0 bridgehead atoms. The van der Waals surface area contributed by atoms with Crippen LogP contribution in [0, 0.1) is 0 Å². The normalized spacial score (nSPS) is 10.5. The van der Waals surface area contributed by atoms with Gasteiger partial charge >= 0.3 is 0 Å². The molecule has 0 fully saturated rings. The third-order valence-corrected chi connectivity index (χ3v) is 4.95. The minimum absolute atomic E-state index is 0.0678. The summed E-state index contributed by atoms with van der Waals surface area (Å²) in [6, 6.07) is 19.5. The smallest absolute Gasteiger partial charge is 0.173 e. The van der Waals surface area contributed by atoms with Crippen molar-refractivity contribution in [2.45, 2.75) is 19.0 Å². The Kier molecular flexibility index (Phi) is 6.14. The topological polar surface area (TPSA) is 55.0 Å². The molecule has 3 aromatic carbocycles. The molecule has 4 aromatic rings. The van der Waals surface area contributed by atoms with Crippen LogP contribution >= 0.6 is 11.8 Å². The molecule has 138 valence electrons.